The van der Waals surface area contributed by atoms with E-state index in [1.165, 1.54) is 0 Å². The smallest absolute Gasteiger partial charge is 0.149 e. The average Bonchev–Trinajstić information content (AvgIpc) is 2.28. The topological polar surface area (TPSA) is 38.0 Å². The summed E-state index contributed by atoms with van der Waals surface area (Å²) in [6, 6.07) is 10.2. The molecule has 88 valence electrons. The third-order valence-electron chi connectivity index (χ3n) is 2.47. The Bertz CT molecular complexity index is 555. The first kappa shape index (κ1) is 11.7. The summed E-state index contributed by atoms with van der Waals surface area (Å²) in [7, 11) is 0. The van der Waals surface area contributed by atoms with E-state index in [2.05, 4.69) is 5.32 Å². The van der Waals surface area contributed by atoms with Crippen LogP contribution in [0.4, 0.5) is 21.5 Å². The van der Waals surface area contributed by atoms with E-state index in [0.717, 1.165) is 0 Å². The summed E-state index contributed by atoms with van der Waals surface area (Å²) in [5.74, 6) is -0.276. The van der Waals surface area contributed by atoms with Crippen molar-refractivity contribution in [3.05, 3.63) is 52.8 Å². The van der Waals surface area contributed by atoms with Crippen LogP contribution in [0.1, 0.15) is 5.56 Å². The highest BCUT2D eigenvalue weighted by Gasteiger charge is 2.06. The molecule has 2 aromatic carbocycles. The summed E-state index contributed by atoms with van der Waals surface area (Å²) in [5.41, 5.74) is 7.90. The Morgan fingerprint density at radius 3 is 2.65 bits per heavy atom. The van der Waals surface area contributed by atoms with Crippen molar-refractivity contribution in [3.63, 3.8) is 0 Å². The van der Waals surface area contributed by atoms with Crippen molar-refractivity contribution < 1.29 is 4.39 Å². The minimum Gasteiger partial charge on any atom is -0.397 e. The molecule has 0 aliphatic rings. The monoisotopic (exact) mass is 250 g/mol. The van der Waals surface area contributed by atoms with Gasteiger partial charge in [-0.05, 0) is 36.8 Å². The molecule has 0 saturated heterocycles. The molecule has 0 aliphatic heterocycles. The number of nitrogen functional groups attached to an aromatic ring is 1. The standard InChI is InChI=1S/C13H12ClFN2/c1-8-3-2-4-12(13(8)15)17-11-6-5-9(14)7-10(11)16/h2-7,17H,16H2,1H3. The van der Waals surface area contributed by atoms with Gasteiger partial charge in [-0.1, -0.05) is 23.7 Å². The summed E-state index contributed by atoms with van der Waals surface area (Å²) in [6.45, 7) is 1.71. The van der Waals surface area contributed by atoms with Crippen LogP contribution >= 0.6 is 11.6 Å². The van der Waals surface area contributed by atoms with E-state index in [-0.39, 0.29) is 5.82 Å². The van der Waals surface area contributed by atoms with Crippen molar-refractivity contribution in [1.29, 1.82) is 0 Å². The minimum atomic E-state index is -0.276. The molecule has 0 atom stereocenters. The first-order valence-electron chi connectivity index (χ1n) is 5.15. The highest BCUT2D eigenvalue weighted by molar-refractivity contribution is 6.31. The molecule has 2 nitrogen and oxygen atoms in total. The fourth-order valence-electron chi connectivity index (χ4n) is 1.54. The van der Waals surface area contributed by atoms with Gasteiger partial charge < -0.3 is 11.1 Å². The van der Waals surface area contributed by atoms with E-state index in [4.69, 9.17) is 17.3 Å². The Kier molecular flexibility index (Phi) is 3.20. The van der Waals surface area contributed by atoms with E-state index in [9.17, 15) is 4.39 Å². The van der Waals surface area contributed by atoms with Crippen LogP contribution in [-0.4, -0.2) is 0 Å². The zero-order valence-electron chi connectivity index (χ0n) is 9.30. The molecular weight excluding hydrogens is 239 g/mol. The van der Waals surface area contributed by atoms with Crippen LogP contribution in [0.25, 0.3) is 0 Å². The second-order valence-corrected chi connectivity index (χ2v) is 4.23. The number of nitrogens with two attached hydrogens (primary N) is 1. The van der Waals surface area contributed by atoms with Crippen LogP contribution < -0.4 is 11.1 Å². The van der Waals surface area contributed by atoms with E-state index in [1.807, 2.05) is 0 Å². The molecule has 0 amide bonds. The van der Waals surface area contributed by atoms with Crippen molar-refractivity contribution in [3.8, 4) is 0 Å². The maximum atomic E-state index is 13.8. The first-order chi connectivity index (χ1) is 8.08. The van der Waals surface area contributed by atoms with Crippen molar-refractivity contribution >= 4 is 28.7 Å². The summed E-state index contributed by atoms with van der Waals surface area (Å²) < 4.78 is 13.8. The molecular formula is C13H12ClFN2. The molecule has 0 radical (unpaired) electrons. The van der Waals surface area contributed by atoms with E-state index in [1.54, 1.807) is 43.3 Å². The van der Waals surface area contributed by atoms with Crippen molar-refractivity contribution in [2.24, 2.45) is 0 Å². The van der Waals surface area contributed by atoms with Crippen LogP contribution in [0.15, 0.2) is 36.4 Å². The Morgan fingerprint density at radius 1 is 1.18 bits per heavy atom. The van der Waals surface area contributed by atoms with Gasteiger partial charge in [0.25, 0.3) is 0 Å². The minimum absolute atomic E-state index is 0.276. The average molecular weight is 251 g/mol. The highest BCUT2D eigenvalue weighted by atomic mass is 35.5. The van der Waals surface area contributed by atoms with Crippen LogP contribution in [0.3, 0.4) is 0 Å². The molecule has 0 aliphatic carbocycles. The van der Waals surface area contributed by atoms with Crippen LogP contribution in [0.2, 0.25) is 5.02 Å². The zero-order chi connectivity index (χ0) is 12.4. The van der Waals surface area contributed by atoms with Gasteiger partial charge in [0, 0.05) is 5.02 Å². The van der Waals surface area contributed by atoms with E-state index < -0.39 is 0 Å². The largest absolute Gasteiger partial charge is 0.397 e. The molecule has 0 aromatic heterocycles. The second kappa shape index (κ2) is 4.63. The molecule has 3 N–H and O–H groups in total. The number of rotatable bonds is 2. The molecule has 2 aromatic rings. The first-order valence-corrected chi connectivity index (χ1v) is 5.53. The van der Waals surface area contributed by atoms with Gasteiger partial charge in [-0.2, -0.15) is 0 Å². The van der Waals surface area contributed by atoms with Gasteiger partial charge in [-0.25, -0.2) is 4.39 Å². The quantitative estimate of drug-likeness (QED) is 0.787. The van der Waals surface area contributed by atoms with Gasteiger partial charge in [0.05, 0.1) is 17.1 Å². The van der Waals surface area contributed by atoms with Gasteiger partial charge in [0.2, 0.25) is 0 Å². The van der Waals surface area contributed by atoms with Crippen LogP contribution in [0.5, 0.6) is 0 Å². The number of nitrogens with one attached hydrogen (secondary N) is 1. The number of hydrogen-bond acceptors (Lipinski definition) is 2. The Labute approximate surface area is 104 Å². The number of anilines is 3. The second-order valence-electron chi connectivity index (χ2n) is 3.79. The molecule has 0 unspecified atom stereocenters. The lowest BCUT2D eigenvalue weighted by molar-refractivity contribution is 0.623. The SMILES string of the molecule is Cc1cccc(Nc2ccc(Cl)cc2N)c1F. The van der Waals surface area contributed by atoms with E-state index in [0.29, 0.717) is 27.6 Å². The summed E-state index contributed by atoms with van der Waals surface area (Å²) >= 11 is 5.79. The molecule has 0 heterocycles. The zero-order valence-corrected chi connectivity index (χ0v) is 10.1. The van der Waals surface area contributed by atoms with E-state index >= 15 is 0 Å². The lowest BCUT2D eigenvalue weighted by Crippen LogP contribution is -1.99. The highest BCUT2D eigenvalue weighted by Crippen LogP contribution is 2.28. The Balaban J connectivity index is 2.35. The molecule has 17 heavy (non-hydrogen) atoms. The Hall–Kier alpha value is -1.74. The molecule has 0 fully saturated rings. The lowest BCUT2D eigenvalue weighted by Gasteiger charge is -2.11. The third kappa shape index (κ3) is 2.50. The molecule has 2 rings (SSSR count). The fourth-order valence-corrected chi connectivity index (χ4v) is 1.72. The van der Waals surface area contributed by atoms with Crippen LogP contribution in [-0.2, 0) is 0 Å². The van der Waals surface area contributed by atoms with Crippen molar-refractivity contribution in [1.82, 2.24) is 0 Å². The van der Waals surface area contributed by atoms with Crippen LogP contribution in [0, 0.1) is 12.7 Å². The third-order valence-corrected chi connectivity index (χ3v) is 2.71. The molecule has 4 heteroatoms. The molecule has 0 spiro atoms. The predicted molar refractivity (Wildman–Crippen MR) is 70.3 cm³/mol. The number of aryl methyl sites for hydroxylation is 1. The van der Waals surface area contributed by atoms with Gasteiger partial charge in [0.15, 0.2) is 0 Å². The summed E-state index contributed by atoms with van der Waals surface area (Å²) in [5, 5.41) is 3.50. The van der Waals surface area contributed by atoms with Gasteiger partial charge >= 0.3 is 0 Å². The summed E-state index contributed by atoms with van der Waals surface area (Å²) in [4.78, 5) is 0. The van der Waals surface area contributed by atoms with Crippen molar-refractivity contribution in [2.45, 2.75) is 6.92 Å². The number of benzene rings is 2. The maximum Gasteiger partial charge on any atom is 0.149 e. The lowest BCUT2D eigenvalue weighted by atomic mass is 10.2. The molecule has 0 saturated carbocycles. The number of hydrogen-bond donors (Lipinski definition) is 2. The Morgan fingerprint density at radius 2 is 1.94 bits per heavy atom. The number of halogens is 2. The fraction of sp³-hybridized carbons (Fsp3) is 0.0769. The molecule has 0 bridgehead atoms. The van der Waals surface area contributed by atoms with Gasteiger partial charge in [-0.15, -0.1) is 0 Å². The predicted octanol–water partition coefficient (Wildman–Crippen LogP) is 4.11. The van der Waals surface area contributed by atoms with Crippen molar-refractivity contribution in [2.75, 3.05) is 11.1 Å². The summed E-state index contributed by atoms with van der Waals surface area (Å²) in [6.07, 6.45) is 0. The van der Waals surface area contributed by atoms with Gasteiger partial charge in [-0.3, -0.25) is 0 Å². The maximum absolute atomic E-state index is 13.8. The van der Waals surface area contributed by atoms with Gasteiger partial charge in [0.1, 0.15) is 5.82 Å². The normalized spacial score (nSPS) is 10.3.